The first-order valence-electron chi connectivity index (χ1n) is 9.11. The molecule has 2 amide bonds. The highest BCUT2D eigenvalue weighted by Crippen LogP contribution is 2.56. The Labute approximate surface area is 154 Å². The molecule has 2 fully saturated rings. The van der Waals surface area contributed by atoms with Gasteiger partial charge < -0.3 is 15.5 Å². The highest BCUT2D eigenvalue weighted by Gasteiger charge is 2.57. The topological polar surface area (TPSA) is 61.4 Å². The fraction of sp³-hybridized carbons (Fsp3) is 0.684. The molecule has 138 valence electrons. The summed E-state index contributed by atoms with van der Waals surface area (Å²) in [6.07, 6.45) is 3.37. The molecule has 0 bridgehead atoms. The van der Waals surface area contributed by atoms with Crippen LogP contribution in [-0.2, 0) is 16.1 Å². The third-order valence-corrected chi connectivity index (χ3v) is 6.19. The summed E-state index contributed by atoms with van der Waals surface area (Å²) in [6.45, 7) is 8.40. The van der Waals surface area contributed by atoms with Crippen molar-refractivity contribution in [3.63, 3.8) is 0 Å². The summed E-state index contributed by atoms with van der Waals surface area (Å²) >= 11 is 1.66. The molecule has 1 aromatic heterocycles. The van der Waals surface area contributed by atoms with Gasteiger partial charge in [0.15, 0.2) is 0 Å². The van der Waals surface area contributed by atoms with Crippen LogP contribution in [0.25, 0.3) is 0 Å². The van der Waals surface area contributed by atoms with Crippen molar-refractivity contribution in [2.75, 3.05) is 19.6 Å². The molecule has 2 N–H and O–H groups in total. The van der Waals surface area contributed by atoms with E-state index in [1.165, 1.54) is 5.56 Å². The average molecular weight is 364 g/mol. The van der Waals surface area contributed by atoms with E-state index in [-0.39, 0.29) is 18.4 Å². The van der Waals surface area contributed by atoms with Crippen LogP contribution in [0.15, 0.2) is 16.8 Å². The van der Waals surface area contributed by atoms with Gasteiger partial charge in [0.2, 0.25) is 11.8 Å². The second-order valence-corrected chi connectivity index (χ2v) is 9.20. The van der Waals surface area contributed by atoms with Gasteiger partial charge in [-0.3, -0.25) is 9.59 Å². The monoisotopic (exact) mass is 363 g/mol. The quantitative estimate of drug-likeness (QED) is 0.844. The molecule has 1 atom stereocenters. The van der Waals surface area contributed by atoms with Crippen LogP contribution in [0.1, 0.15) is 45.6 Å². The van der Waals surface area contributed by atoms with Gasteiger partial charge in [-0.15, -0.1) is 0 Å². The summed E-state index contributed by atoms with van der Waals surface area (Å²) in [5, 5.41) is 10.4. The molecule has 2 aliphatic rings. The standard InChI is InChI=1S/C19H29N3O2S/c1-18(2,3)17(24)21-11-16(23)22(12-14-4-9-25-13-14)15-10-19(15)5-7-20-8-6-19/h4,9,13,15,20H,5-8,10-12H2,1-3H3,(H,21,24). The van der Waals surface area contributed by atoms with Crippen LogP contribution in [-0.4, -0.2) is 42.4 Å². The number of thiophene rings is 1. The Morgan fingerprint density at radius 1 is 1.36 bits per heavy atom. The van der Waals surface area contributed by atoms with Crippen LogP contribution in [0, 0.1) is 10.8 Å². The molecule has 25 heavy (non-hydrogen) atoms. The average Bonchev–Trinajstić information content (AvgIpc) is 3.00. The zero-order valence-electron chi connectivity index (χ0n) is 15.4. The van der Waals surface area contributed by atoms with Gasteiger partial charge in [0.1, 0.15) is 0 Å². The van der Waals surface area contributed by atoms with Crippen LogP contribution in [0.5, 0.6) is 0 Å². The Morgan fingerprint density at radius 2 is 2.08 bits per heavy atom. The molecule has 1 aliphatic heterocycles. The Hall–Kier alpha value is -1.40. The van der Waals surface area contributed by atoms with Crippen molar-refractivity contribution < 1.29 is 9.59 Å². The van der Waals surface area contributed by atoms with Crippen LogP contribution in [0.2, 0.25) is 0 Å². The van der Waals surface area contributed by atoms with Gasteiger partial charge in [-0.25, -0.2) is 0 Å². The van der Waals surface area contributed by atoms with Crippen LogP contribution in [0.3, 0.4) is 0 Å². The van der Waals surface area contributed by atoms with E-state index in [9.17, 15) is 9.59 Å². The van der Waals surface area contributed by atoms with Gasteiger partial charge in [0.25, 0.3) is 0 Å². The van der Waals surface area contributed by atoms with Gasteiger partial charge in [0.05, 0.1) is 6.54 Å². The molecule has 1 aromatic rings. The third kappa shape index (κ3) is 4.23. The van der Waals surface area contributed by atoms with E-state index in [0.717, 1.165) is 32.4 Å². The van der Waals surface area contributed by atoms with Crippen LogP contribution < -0.4 is 10.6 Å². The first-order valence-corrected chi connectivity index (χ1v) is 10.1. The molecule has 1 unspecified atom stereocenters. The fourth-order valence-corrected chi connectivity index (χ4v) is 4.36. The normalized spacial score (nSPS) is 21.8. The number of amides is 2. The van der Waals surface area contributed by atoms with Crippen molar-refractivity contribution in [1.82, 2.24) is 15.5 Å². The van der Waals surface area contributed by atoms with Gasteiger partial charge in [-0.2, -0.15) is 11.3 Å². The lowest BCUT2D eigenvalue weighted by Gasteiger charge is -2.30. The Balaban J connectivity index is 1.66. The first kappa shape index (κ1) is 18.4. The largest absolute Gasteiger partial charge is 0.347 e. The number of nitrogens with zero attached hydrogens (tertiary/aromatic N) is 1. The van der Waals surface area contributed by atoms with Crippen molar-refractivity contribution in [3.05, 3.63) is 22.4 Å². The number of rotatable bonds is 5. The first-order chi connectivity index (χ1) is 11.8. The zero-order chi connectivity index (χ0) is 18.1. The number of carbonyl (C=O) groups excluding carboxylic acids is 2. The summed E-state index contributed by atoms with van der Waals surface area (Å²) in [6, 6.07) is 2.39. The van der Waals surface area contributed by atoms with E-state index in [0.29, 0.717) is 18.0 Å². The molecule has 1 spiro atoms. The maximum absolute atomic E-state index is 12.9. The lowest BCUT2D eigenvalue weighted by molar-refractivity contribution is -0.136. The molecule has 1 saturated carbocycles. The molecule has 1 saturated heterocycles. The van der Waals surface area contributed by atoms with Gasteiger partial charge in [-0.05, 0) is 60.2 Å². The summed E-state index contributed by atoms with van der Waals surface area (Å²) in [5.41, 5.74) is 0.996. The zero-order valence-corrected chi connectivity index (χ0v) is 16.2. The Bertz CT molecular complexity index is 615. The summed E-state index contributed by atoms with van der Waals surface area (Å²) in [4.78, 5) is 27.0. The fourth-order valence-electron chi connectivity index (χ4n) is 3.70. The number of nitrogens with one attached hydrogen (secondary N) is 2. The molecule has 3 rings (SSSR count). The van der Waals surface area contributed by atoms with E-state index >= 15 is 0 Å². The number of hydrogen-bond donors (Lipinski definition) is 2. The second-order valence-electron chi connectivity index (χ2n) is 8.42. The van der Waals surface area contributed by atoms with Gasteiger partial charge >= 0.3 is 0 Å². The van der Waals surface area contributed by atoms with Crippen molar-refractivity contribution in [2.24, 2.45) is 10.8 Å². The number of hydrogen-bond acceptors (Lipinski definition) is 4. The Kier molecular flexibility index (Phi) is 5.21. The highest BCUT2D eigenvalue weighted by atomic mass is 32.1. The minimum Gasteiger partial charge on any atom is -0.347 e. The van der Waals surface area contributed by atoms with E-state index in [1.807, 2.05) is 31.1 Å². The predicted octanol–water partition coefficient (Wildman–Crippen LogP) is 2.38. The van der Waals surface area contributed by atoms with Gasteiger partial charge in [0, 0.05) is 18.0 Å². The van der Waals surface area contributed by atoms with E-state index in [1.54, 1.807) is 11.3 Å². The molecular formula is C19H29N3O2S. The number of piperidine rings is 1. The minimum absolute atomic E-state index is 0.0317. The molecule has 1 aliphatic carbocycles. The summed E-state index contributed by atoms with van der Waals surface area (Å²) < 4.78 is 0. The lowest BCUT2D eigenvalue weighted by Crippen LogP contribution is -2.45. The Morgan fingerprint density at radius 3 is 2.68 bits per heavy atom. The van der Waals surface area contributed by atoms with E-state index in [4.69, 9.17) is 0 Å². The van der Waals surface area contributed by atoms with Crippen LogP contribution in [0.4, 0.5) is 0 Å². The lowest BCUT2D eigenvalue weighted by atomic mass is 9.93. The highest BCUT2D eigenvalue weighted by molar-refractivity contribution is 7.07. The maximum Gasteiger partial charge on any atom is 0.242 e. The molecular weight excluding hydrogens is 334 g/mol. The van der Waals surface area contributed by atoms with Crippen molar-refractivity contribution in [1.29, 1.82) is 0 Å². The maximum atomic E-state index is 12.9. The molecule has 2 heterocycles. The minimum atomic E-state index is -0.478. The smallest absolute Gasteiger partial charge is 0.242 e. The van der Waals surface area contributed by atoms with Gasteiger partial charge in [-0.1, -0.05) is 20.8 Å². The number of carbonyl (C=O) groups is 2. The van der Waals surface area contributed by atoms with Crippen molar-refractivity contribution in [3.8, 4) is 0 Å². The summed E-state index contributed by atoms with van der Waals surface area (Å²) in [7, 11) is 0. The molecule has 0 aromatic carbocycles. The molecule has 6 heteroatoms. The second kappa shape index (κ2) is 7.08. The molecule has 0 radical (unpaired) electrons. The molecule has 5 nitrogen and oxygen atoms in total. The SMILES string of the molecule is CC(C)(C)C(=O)NCC(=O)N(Cc1ccsc1)C1CC12CCNCC2. The van der Waals surface area contributed by atoms with E-state index in [2.05, 4.69) is 22.1 Å². The van der Waals surface area contributed by atoms with Crippen molar-refractivity contribution >= 4 is 23.2 Å². The van der Waals surface area contributed by atoms with Crippen LogP contribution >= 0.6 is 11.3 Å². The van der Waals surface area contributed by atoms with Crippen molar-refractivity contribution in [2.45, 2.75) is 52.6 Å². The predicted molar refractivity (Wildman–Crippen MR) is 100 cm³/mol. The van der Waals surface area contributed by atoms with E-state index < -0.39 is 5.41 Å². The summed E-state index contributed by atoms with van der Waals surface area (Å²) in [5.74, 6) is -0.0482. The third-order valence-electron chi connectivity index (χ3n) is 5.46.